The Hall–Kier alpha value is 0.0200. The second-order valence-corrected chi connectivity index (χ2v) is 7.03. The van der Waals surface area contributed by atoms with Gasteiger partial charge in [0.25, 0.3) is 0 Å². The Morgan fingerprint density at radius 1 is 1.19 bits per heavy atom. The fraction of sp³-hybridized carbons (Fsp3) is 0.929. The molecule has 0 amide bonds. The van der Waals surface area contributed by atoms with Crippen molar-refractivity contribution >= 4 is 17.5 Å². The second-order valence-electron chi connectivity index (χ2n) is 5.80. The van der Waals surface area contributed by atoms with E-state index in [1.54, 1.807) is 0 Å². The summed E-state index contributed by atoms with van der Waals surface area (Å²) < 4.78 is 0. The average molecular weight is 240 g/mol. The zero-order chi connectivity index (χ0) is 11.4. The maximum Gasteiger partial charge on any atom is 0.139 e. The molecule has 0 radical (unpaired) electrons. The molecule has 0 spiro atoms. The predicted octanol–water partition coefficient (Wildman–Crippen LogP) is 4.06. The van der Waals surface area contributed by atoms with Crippen LogP contribution in [0.3, 0.4) is 0 Å². The quantitative estimate of drug-likeness (QED) is 0.740. The number of Topliss-reactive ketones (excluding diaryl/α,β-unsaturated/α-hetero) is 1. The summed E-state index contributed by atoms with van der Waals surface area (Å²) >= 11 is 2.05. The van der Waals surface area contributed by atoms with Gasteiger partial charge in [0.15, 0.2) is 0 Å². The van der Waals surface area contributed by atoms with Crippen LogP contribution < -0.4 is 0 Å². The van der Waals surface area contributed by atoms with Gasteiger partial charge in [-0.25, -0.2) is 0 Å². The number of hydrogen-bond donors (Lipinski definition) is 0. The molecule has 16 heavy (non-hydrogen) atoms. The van der Waals surface area contributed by atoms with Gasteiger partial charge in [-0.3, -0.25) is 4.79 Å². The Bertz CT molecular complexity index is 237. The first-order valence-corrected chi connectivity index (χ1v) is 7.97. The topological polar surface area (TPSA) is 17.1 Å². The van der Waals surface area contributed by atoms with Gasteiger partial charge >= 0.3 is 0 Å². The van der Waals surface area contributed by atoms with Crippen LogP contribution in [-0.4, -0.2) is 17.3 Å². The lowest BCUT2D eigenvalue weighted by Gasteiger charge is -2.33. The number of hydrogen-bond acceptors (Lipinski definition) is 2. The number of carbonyl (C=O) groups is 1. The van der Waals surface area contributed by atoms with Gasteiger partial charge in [0.05, 0.1) is 0 Å². The molecule has 0 aromatic rings. The summed E-state index contributed by atoms with van der Waals surface area (Å²) in [6, 6.07) is 0. The third-order valence-electron chi connectivity index (χ3n) is 4.45. The van der Waals surface area contributed by atoms with Crippen molar-refractivity contribution in [1.29, 1.82) is 0 Å². The number of carbonyl (C=O) groups excluding carboxylic acids is 1. The first-order valence-electron chi connectivity index (χ1n) is 6.82. The molecule has 0 aromatic heterocycles. The summed E-state index contributed by atoms with van der Waals surface area (Å²) in [4.78, 5) is 12.4. The van der Waals surface area contributed by atoms with Crippen LogP contribution in [0.1, 0.15) is 58.3 Å². The van der Waals surface area contributed by atoms with Crippen molar-refractivity contribution in [2.24, 2.45) is 11.3 Å². The van der Waals surface area contributed by atoms with E-state index < -0.39 is 0 Å². The van der Waals surface area contributed by atoms with E-state index in [1.807, 2.05) is 11.8 Å². The van der Waals surface area contributed by atoms with Crippen molar-refractivity contribution in [3.05, 3.63) is 0 Å². The zero-order valence-corrected chi connectivity index (χ0v) is 11.3. The summed E-state index contributed by atoms with van der Waals surface area (Å²) in [5.41, 5.74) is 0.0445. The third-order valence-corrected chi connectivity index (χ3v) is 5.49. The number of thioether (sulfide) groups is 1. The molecule has 1 aliphatic carbocycles. The summed E-state index contributed by atoms with van der Waals surface area (Å²) in [7, 11) is 0. The molecule has 2 rings (SSSR count). The Balaban J connectivity index is 1.85. The van der Waals surface area contributed by atoms with Gasteiger partial charge < -0.3 is 0 Å². The minimum atomic E-state index is 0.0445. The molecule has 0 bridgehead atoms. The predicted molar refractivity (Wildman–Crippen MR) is 70.9 cm³/mol. The van der Waals surface area contributed by atoms with Crippen molar-refractivity contribution in [3.8, 4) is 0 Å². The van der Waals surface area contributed by atoms with E-state index in [0.29, 0.717) is 11.7 Å². The van der Waals surface area contributed by atoms with Crippen molar-refractivity contribution in [2.75, 3.05) is 11.5 Å². The lowest BCUT2D eigenvalue weighted by Crippen LogP contribution is -2.32. The molecule has 2 aliphatic rings. The molecule has 2 fully saturated rings. The zero-order valence-electron chi connectivity index (χ0n) is 10.5. The first kappa shape index (κ1) is 12.5. The van der Waals surface area contributed by atoms with Crippen LogP contribution in [0.25, 0.3) is 0 Å². The van der Waals surface area contributed by atoms with E-state index >= 15 is 0 Å². The molecule has 1 saturated carbocycles. The van der Waals surface area contributed by atoms with E-state index in [0.717, 1.165) is 19.3 Å². The largest absolute Gasteiger partial charge is 0.299 e. The van der Waals surface area contributed by atoms with E-state index in [9.17, 15) is 4.79 Å². The maximum absolute atomic E-state index is 12.4. The molecule has 92 valence electrons. The van der Waals surface area contributed by atoms with E-state index in [1.165, 1.54) is 43.6 Å². The highest BCUT2D eigenvalue weighted by Gasteiger charge is 2.35. The molecular formula is C14H24OS. The average Bonchev–Trinajstić information content (AvgIpc) is 2.31. The number of rotatable bonds is 3. The lowest BCUT2D eigenvalue weighted by molar-refractivity contribution is -0.130. The molecule has 2 heteroatoms. The molecule has 0 aromatic carbocycles. The molecule has 1 nitrogen and oxygen atoms in total. The summed E-state index contributed by atoms with van der Waals surface area (Å²) in [5.74, 6) is 3.82. The van der Waals surface area contributed by atoms with Crippen LogP contribution in [-0.2, 0) is 4.79 Å². The van der Waals surface area contributed by atoms with Gasteiger partial charge in [-0.1, -0.05) is 26.2 Å². The molecule has 1 aliphatic heterocycles. The standard InChI is InChI=1S/C14H24OS/c1-14(7-3-2-4-8-14)13(15)11-12-5-9-16-10-6-12/h12H,2-11H2,1H3. The van der Waals surface area contributed by atoms with Crippen LogP contribution in [0.2, 0.25) is 0 Å². The molecule has 0 unspecified atom stereocenters. The van der Waals surface area contributed by atoms with E-state index in [-0.39, 0.29) is 5.41 Å². The summed E-state index contributed by atoms with van der Waals surface area (Å²) in [6.45, 7) is 2.21. The van der Waals surface area contributed by atoms with E-state index in [2.05, 4.69) is 6.92 Å². The summed E-state index contributed by atoms with van der Waals surface area (Å²) in [6.07, 6.45) is 9.57. The normalized spacial score (nSPS) is 26.6. The van der Waals surface area contributed by atoms with Crippen molar-refractivity contribution < 1.29 is 4.79 Å². The maximum atomic E-state index is 12.4. The van der Waals surface area contributed by atoms with Gasteiger partial charge in [0.1, 0.15) is 5.78 Å². The van der Waals surface area contributed by atoms with E-state index in [4.69, 9.17) is 0 Å². The lowest BCUT2D eigenvalue weighted by atomic mass is 9.70. The third kappa shape index (κ3) is 3.03. The Morgan fingerprint density at radius 3 is 2.44 bits per heavy atom. The smallest absolute Gasteiger partial charge is 0.139 e. The highest BCUT2D eigenvalue weighted by atomic mass is 32.2. The van der Waals surface area contributed by atoms with Gasteiger partial charge in [-0.2, -0.15) is 11.8 Å². The second kappa shape index (κ2) is 5.57. The fourth-order valence-electron chi connectivity index (χ4n) is 3.07. The fourth-order valence-corrected chi connectivity index (χ4v) is 4.27. The van der Waals surface area contributed by atoms with Crippen molar-refractivity contribution in [1.82, 2.24) is 0 Å². The molecule has 0 N–H and O–H groups in total. The molecule has 0 atom stereocenters. The number of ketones is 1. The van der Waals surface area contributed by atoms with Crippen LogP contribution in [0.4, 0.5) is 0 Å². The molecule has 1 heterocycles. The van der Waals surface area contributed by atoms with Gasteiger partial charge in [0.2, 0.25) is 0 Å². The summed E-state index contributed by atoms with van der Waals surface area (Å²) in [5, 5.41) is 0. The van der Waals surface area contributed by atoms with Crippen LogP contribution in [0.5, 0.6) is 0 Å². The molecular weight excluding hydrogens is 216 g/mol. The first-order chi connectivity index (χ1) is 7.71. The van der Waals surface area contributed by atoms with Gasteiger partial charge in [-0.05, 0) is 43.1 Å². The Kier molecular flexibility index (Phi) is 4.34. The van der Waals surface area contributed by atoms with Crippen molar-refractivity contribution in [2.45, 2.75) is 58.3 Å². The Morgan fingerprint density at radius 2 is 1.81 bits per heavy atom. The SMILES string of the molecule is CC1(C(=O)CC2CCSCC2)CCCCC1. The van der Waals surface area contributed by atoms with Gasteiger partial charge in [0, 0.05) is 11.8 Å². The minimum absolute atomic E-state index is 0.0445. The minimum Gasteiger partial charge on any atom is -0.299 e. The monoisotopic (exact) mass is 240 g/mol. The van der Waals surface area contributed by atoms with Crippen LogP contribution in [0.15, 0.2) is 0 Å². The molecule has 1 saturated heterocycles. The highest BCUT2D eigenvalue weighted by Crippen LogP contribution is 2.39. The van der Waals surface area contributed by atoms with Crippen LogP contribution in [0, 0.1) is 11.3 Å². The highest BCUT2D eigenvalue weighted by molar-refractivity contribution is 7.99. The van der Waals surface area contributed by atoms with Crippen molar-refractivity contribution in [3.63, 3.8) is 0 Å². The van der Waals surface area contributed by atoms with Crippen LogP contribution >= 0.6 is 11.8 Å². The van der Waals surface area contributed by atoms with Gasteiger partial charge in [-0.15, -0.1) is 0 Å². The Labute approximate surface area is 104 Å².